The third-order valence-corrected chi connectivity index (χ3v) is 4.69. The van der Waals surface area contributed by atoms with E-state index in [4.69, 9.17) is 11.6 Å². The highest BCUT2D eigenvalue weighted by molar-refractivity contribution is 7.14. The summed E-state index contributed by atoms with van der Waals surface area (Å²) in [4.78, 5) is 16.2. The highest BCUT2D eigenvalue weighted by atomic mass is 35.5. The van der Waals surface area contributed by atoms with Gasteiger partial charge in [-0.2, -0.15) is 0 Å². The van der Waals surface area contributed by atoms with Gasteiger partial charge in [-0.05, 0) is 37.1 Å². The van der Waals surface area contributed by atoms with Crippen LogP contribution in [0.3, 0.4) is 0 Å². The fourth-order valence-corrected chi connectivity index (χ4v) is 3.17. The van der Waals surface area contributed by atoms with Gasteiger partial charge in [0.2, 0.25) is 0 Å². The topological polar surface area (TPSA) is 50.2 Å². The molecule has 2 heterocycles. The lowest BCUT2D eigenvalue weighted by atomic mass is 10.00. The van der Waals surface area contributed by atoms with Crippen LogP contribution in [0.25, 0.3) is 22.2 Å². The summed E-state index contributed by atoms with van der Waals surface area (Å²) in [5, 5.41) is 12.0. The third kappa shape index (κ3) is 2.41. The van der Waals surface area contributed by atoms with Crippen LogP contribution in [0.15, 0.2) is 29.6 Å². The second-order valence-corrected chi connectivity index (χ2v) is 6.45. The molecule has 1 aromatic carbocycles. The van der Waals surface area contributed by atoms with Crippen molar-refractivity contribution in [2.75, 3.05) is 0 Å². The monoisotopic (exact) mass is 317 g/mol. The second kappa shape index (κ2) is 5.13. The van der Waals surface area contributed by atoms with E-state index in [1.165, 1.54) is 11.3 Å². The Hall–Kier alpha value is -1.91. The molecule has 0 saturated heterocycles. The maximum absolute atomic E-state index is 11.5. The summed E-state index contributed by atoms with van der Waals surface area (Å²) in [6.45, 7) is 3.95. The molecule has 0 bridgehead atoms. The first kappa shape index (κ1) is 14.0. The summed E-state index contributed by atoms with van der Waals surface area (Å²) in [7, 11) is 0. The van der Waals surface area contributed by atoms with Crippen LogP contribution in [-0.2, 0) is 0 Å². The molecule has 0 amide bonds. The Balaban J connectivity index is 2.38. The van der Waals surface area contributed by atoms with Crippen LogP contribution in [0.1, 0.15) is 21.5 Å². The number of carboxylic acids is 1. The van der Waals surface area contributed by atoms with Crippen molar-refractivity contribution in [1.29, 1.82) is 0 Å². The van der Waals surface area contributed by atoms with E-state index >= 15 is 0 Å². The minimum absolute atomic E-state index is 0.264. The predicted octanol–water partition coefficient (Wildman–Crippen LogP) is 4.93. The smallest absolute Gasteiger partial charge is 0.336 e. The molecule has 5 heteroatoms. The number of aromatic nitrogens is 1. The molecule has 3 aromatic rings. The first-order valence-electron chi connectivity index (χ1n) is 6.36. The van der Waals surface area contributed by atoms with Crippen molar-refractivity contribution in [3.63, 3.8) is 0 Å². The summed E-state index contributed by atoms with van der Waals surface area (Å²) < 4.78 is 0.657. The normalized spacial score (nSPS) is 11.0. The number of halogens is 1. The van der Waals surface area contributed by atoms with E-state index in [0.29, 0.717) is 15.4 Å². The summed E-state index contributed by atoms with van der Waals surface area (Å²) in [6, 6.07) is 7.15. The van der Waals surface area contributed by atoms with E-state index in [0.717, 1.165) is 22.2 Å². The standard InChI is InChI=1S/C16H12ClNO2S/c1-8-3-4-11-12(16(19)20)6-13(18-15(11)9(8)2)10-5-14(17)21-7-10/h3-7H,1-2H3,(H,19,20). The first-order chi connectivity index (χ1) is 9.97. The number of thiophene rings is 1. The van der Waals surface area contributed by atoms with E-state index in [9.17, 15) is 9.90 Å². The first-order valence-corrected chi connectivity index (χ1v) is 7.62. The zero-order chi connectivity index (χ0) is 15.1. The van der Waals surface area contributed by atoms with Crippen LogP contribution < -0.4 is 0 Å². The molecule has 1 N–H and O–H groups in total. The zero-order valence-corrected chi connectivity index (χ0v) is 13.0. The molecular formula is C16H12ClNO2S. The Labute approximate surface area is 130 Å². The zero-order valence-electron chi connectivity index (χ0n) is 11.5. The number of pyridine rings is 1. The van der Waals surface area contributed by atoms with Crippen molar-refractivity contribution >= 4 is 39.8 Å². The van der Waals surface area contributed by atoms with Gasteiger partial charge in [0, 0.05) is 16.3 Å². The summed E-state index contributed by atoms with van der Waals surface area (Å²) in [6.07, 6.45) is 0. The van der Waals surface area contributed by atoms with Gasteiger partial charge in [0.15, 0.2) is 0 Å². The van der Waals surface area contributed by atoms with Crippen LogP contribution in [0.2, 0.25) is 4.34 Å². The molecule has 0 aliphatic carbocycles. The van der Waals surface area contributed by atoms with Gasteiger partial charge in [-0.3, -0.25) is 0 Å². The van der Waals surface area contributed by atoms with Gasteiger partial charge in [-0.25, -0.2) is 9.78 Å². The minimum Gasteiger partial charge on any atom is -0.478 e. The maximum atomic E-state index is 11.5. The molecule has 2 aromatic heterocycles. The molecule has 106 valence electrons. The SMILES string of the molecule is Cc1ccc2c(C(=O)O)cc(-c3csc(Cl)c3)nc2c1C. The van der Waals surface area contributed by atoms with Gasteiger partial charge in [0.25, 0.3) is 0 Å². The molecule has 0 radical (unpaired) electrons. The van der Waals surface area contributed by atoms with Crippen molar-refractivity contribution < 1.29 is 9.90 Å². The highest BCUT2D eigenvalue weighted by Gasteiger charge is 2.15. The number of aryl methyl sites for hydroxylation is 2. The van der Waals surface area contributed by atoms with E-state index in [1.54, 1.807) is 12.1 Å². The Morgan fingerprint density at radius 1 is 1.29 bits per heavy atom. The van der Waals surface area contributed by atoms with Gasteiger partial charge < -0.3 is 5.11 Å². The van der Waals surface area contributed by atoms with Crippen LogP contribution in [-0.4, -0.2) is 16.1 Å². The Morgan fingerprint density at radius 2 is 2.05 bits per heavy atom. The van der Waals surface area contributed by atoms with Crippen molar-refractivity contribution in [3.05, 3.63) is 50.7 Å². The van der Waals surface area contributed by atoms with E-state index < -0.39 is 5.97 Å². The summed E-state index contributed by atoms with van der Waals surface area (Å²) in [5.41, 5.74) is 4.56. The lowest BCUT2D eigenvalue weighted by Gasteiger charge is -2.10. The largest absolute Gasteiger partial charge is 0.478 e. The van der Waals surface area contributed by atoms with Crippen LogP contribution in [0.5, 0.6) is 0 Å². The second-order valence-electron chi connectivity index (χ2n) is 4.90. The van der Waals surface area contributed by atoms with E-state index in [1.807, 2.05) is 31.4 Å². The number of fused-ring (bicyclic) bond motifs is 1. The molecule has 0 saturated carbocycles. The molecular weight excluding hydrogens is 306 g/mol. The van der Waals surface area contributed by atoms with Gasteiger partial charge in [0.1, 0.15) is 0 Å². The molecule has 0 spiro atoms. The number of nitrogens with zero attached hydrogens (tertiary/aromatic N) is 1. The molecule has 0 fully saturated rings. The summed E-state index contributed by atoms with van der Waals surface area (Å²) >= 11 is 7.37. The number of carboxylic acid groups (broad SMARTS) is 1. The minimum atomic E-state index is -0.951. The number of hydrogen-bond donors (Lipinski definition) is 1. The van der Waals surface area contributed by atoms with Crippen molar-refractivity contribution in [2.24, 2.45) is 0 Å². The van der Waals surface area contributed by atoms with E-state index in [-0.39, 0.29) is 5.56 Å². The Morgan fingerprint density at radius 3 is 2.67 bits per heavy atom. The number of hydrogen-bond acceptors (Lipinski definition) is 3. The maximum Gasteiger partial charge on any atom is 0.336 e. The highest BCUT2D eigenvalue weighted by Crippen LogP contribution is 2.31. The number of aromatic carboxylic acids is 1. The number of rotatable bonds is 2. The average molecular weight is 318 g/mol. The van der Waals surface area contributed by atoms with Crippen LogP contribution in [0.4, 0.5) is 0 Å². The third-order valence-electron chi connectivity index (χ3n) is 3.60. The lowest BCUT2D eigenvalue weighted by molar-refractivity contribution is 0.0699. The van der Waals surface area contributed by atoms with Gasteiger partial charge >= 0.3 is 5.97 Å². The van der Waals surface area contributed by atoms with Crippen LogP contribution >= 0.6 is 22.9 Å². The van der Waals surface area contributed by atoms with Crippen LogP contribution in [0, 0.1) is 13.8 Å². The van der Waals surface area contributed by atoms with Crippen molar-refractivity contribution in [3.8, 4) is 11.3 Å². The van der Waals surface area contributed by atoms with Gasteiger partial charge in [-0.15, -0.1) is 11.3 Å². The average Bonchev–Trinajstić information content (AvgIpc) is 2.88. The fraction of sp³-hybridized carbons (Fsp3) is 0.125. The number of carbonyl (C=O) groups is 1. The molecule has 0 atom stereocenters. The van der Waals surface area contributed by atoms with Crippen molar-refractivity contribution in [2.45, 2.75) is 13.8 Å². The lowest BCUT2D eigenvalue weighted by Crippen LogP contribution is -2.01. The predicted molar refractivity (Wildman–Crippen MR) is 86.5 cm³/mol. The number of benzene rings is 1. The van der Waals surface area contributed by atoms with E-state index in [2.05, 4.69) is 4.98 Å². The molecule has 0 aliphatic rings. The molecule has 3 rings (SSSR count). The quantitative estimate of drug-likeness (QED) is 0.729. The van der Waals surface area contributed by atoms with Gasteiger partial charge in [0.05, 0.1) is 21.1 Å². The molecule has 0 unspecified atom stereocenters. The Bertz CT molecular complexity index is 870. The van der Waals surface area contributed by atoms with Crippen molar-refractivity contribution in [1.82, 2.24) is 4.98 Å². The Kier molecular flexibility index (Phi) is 3.43. The molecule has 21 heavy (non-hydrogen) atoms. The molecule has 3 nitrogen and oxygen atoms in total. The molecule has 0 aliphatic heterocycles. The summed E-state index contributed by atoms with van der Waals surface area (Å²) in [5.74, 6) is -0.951. The fourth-order valence-electron chi connectivity index (χ4n) is 2.30. The van der Waals surface area contributed by atoms with Gasteiger partial charge in [-0.1, -0.05) is 23.7 Å².